The number of aromatic nitrogens is 3. The van der Waals surface area contributed by atoms with Gasteiger partial charge in [-0.3, -0.25) is 0 Å². The summed E-state index contributed by atoms with van der Waals surface area (Å²) < 4.78 is 1.74. The number of aryl methyl sites for hydroxylation is 1. The SMILES string of the molecule is Cc1nn(-c2ccccc2)c(Cl)c1C=C1CC(C(C)(C)C)Cc2c1nc1ccccc1c2C(=O)O. The molecule has 0 amide bonds. The van der Waals surface area contributed by atoms with Gasteiger partial charge in [-0.2, -0.15) is 5.10 Å². The van der Waals surface area contributed by atoms with Crippen LogP contribution in [-0.4, -0.2) is 25.8 Å². The first-order chi connectivity index (χ1) is 16.6. The molecule has 0 bridgehead atoms. The Morgan fingerprint density at radius 1 is 1.09 bits per heavy atom. The first-order valence-electron chi connectivity index (χ1n) is 11.8. The van der Waals surface area contributed by atoms with Crippen LogP contribution in [-0.2, 0) is 6.42 Å². The normalized spacial score (nSPS) is 17.1. The fraction of sp³-hybridized carbons (Fsp3) is 0.276. The van der Waals surface area contributed by atoms with Crippen molar-refractivity contribution in [1.82, 2.24) is 14.8 Å². The number of para-hydroxylation sites is 2. The Morgan fingerprint density at radius 3 is 2.46 bits per heavy atom. The second-order valence-electron chi connectivity index (χ2n) is 10.3. The van der Waals surface area contributed by atoms with Crippen LogP contribution < -0.4 is 0 Å². The van der Waals surface area contributed by atoms with Crippen LogP contribution in [0, 0.1) is 18.3 Å². The summed E-state index contributed by atoms with van der Waals surface area (Å²) in [5.41, 5.74) is 6.12. The van der Waals surface area contributed by atoms with Crippen molar-refractivity contribution in [1.29, 1.82) is 0 Å². The Balaban J connectivity index is 1.75. The molecule has 2 heterocycles. The van der Waals surface area contributed by atoms with Crippen molar-refractivity contribution in [2.75, 3.05) is 0 Å². The molecule has 0 spiro atoms. The zero-order valence-corrected chi connectivity index (χ0v) is 21.1. The molecule has 1 aliphatic rings. The van der Waals surface area contributed by atoms with E-state index in [0.717, 1.165) is 40.2 Å². The van der Waals surface area contributed by atoms with Crippen molar-refractivity contribution < 1.29 is 9.90 Å². The van der Waals surface area contributed by atoms with Gasteiger partial charge in [-0.15, -0.1) is 0 Å². The van der Waals surface area contributed by atoms with Gasteiger partial charge in [0.1, 0.15) is 5.15 Å². The van der Waals surface area contributed by atoms with Gasteiger partial charge in [-0.1, -0.05) is 68.8 Å². The Morgan fingerprint density at radius 2 is 1.77 bits per heavy atom. The molecule has 0 aliphatic heterocycles. The number of rotatable bonds is 3. The molecule has 2 aromatic carbocycles. The highest BCUT2D eigenvalue weighted by Gasteiger charge is 2.35. The highest BCUT2D eigenvalue weighted by atomic mass is 35.5. The van der Waals surface area contributed by atoms with Crippen LogP contribution >= 0.6 is 11.6 Å². The van der Waals surface area contributed by atoms with Gasteiger partial charge < -0.3 is 5.11 Å². The fourth-order valence-corrected chi connectivity index (χ4v) is 5.30. The average Bonchev–Trinajstić information content (AvgIpc) is 3.10. The lowest BCUT2D eigenvalue weighted by Gasteiger charge is -2.36. The Hall–Kier alpha value is -3.44. The third kappa shape index (κ3) is 4.14. The summed E-state index contributed by atoms with van der Waals surface area (Å²) in [7, 11) is 0. The summed E-state index contributed by atoms with van der Waals surface area (Å²) in [5, 5.41) is 16.1. The number of nitrogens with zero attached hydrogens (tertiary/aromatic N) is 3. The number of pyridine rings is 1. The molecular weight excluding hydrogens is 458 g/mol. The number of halogens is 1. The molecule has 0 saturated carbocycles. The first-order valence-corrected chi connectivity index (χ1v) is 12.2. The summed E-state index contributed by atoms with van der Waals surface area (Å²) >= 11 is 6.85. The number of carboxylic acids is 1. The molecule has 6 heteroatoms. The Labute approximate surface area is 210 Å². The largest absolute Gasteiger partial charge is 0.478 e. The first kappa shape index (κ1) is 23.3. The van der Waals surface area contributed by atoms with E-state index in [1.54, 1.807) is 4.68 Å². The van der Waals surface area contributed by atoms with Crippen molar-refractivity contribution in [3.05, 3.63) is 87.8 Å². The molecule has 5 rings (SSSR count). The molecule has 4 aromatic rings. The second-order valence-corrected chi connectivity index (χ2v) is 10.7. The van der Waals surface area contributed by atoms with Crippen molar-refractivity contribution in [3.63, 3.8) is 0 Å². The van der Waals surface area contributed by atoms with Crippen molar-refractivity contribution in [2.45, 2.75) is 40.5 Å². The van der Waals surface area contributed by atoms with E-state index in [-0.39, 0.29) is 11.3 Å². The summed E-state index contributed by atoms with van der Waals surface area (Å²) in [5.74, 6) is -0.662. The lowest BCUT2D eigenvalue weighted by molar-refractivity contribution is 0.0696. The van der Waals surface area contributed by atoms with Crippen molar-refractivity contribution >= 4 is 40.1 Å². The van der Waals surface area contributed by atoms with E-state index < -0.39 is 5.97 Å². The zero-order chi connectivity index (χ0) is 24.9. The predicted molar refractivity (Wildman–Crippen MR) is 141 cm³/mol. The van der Waals surface area contributed by atoms with Crippen LogP contribution in [0.3, 0.4) is 0 Å². The molecule has 1 N–H and O–H groups in total. The van der Waals surface area contributed by atoms with E-state index in [1.807, 2.05) is 61.5 Å². The molecule has 0 radical (unpaired) electrons. The number of benzene rings is 2. The van der Waals surface area contributed by atoms with Crippen LogP contribution in [0.15, 0.2) is 54.6 Å². The summed E-state index contributed by atoms with van der Waals surface area (Å²) in [6.45, 7) is 8.57. The van der Waals surface area contributed by atoms with Gasteiger partial charge in [-0.05, 0) is 66.5 Å². The highest BCUT2D eigenvalue weighted by Crippen LogP contribution is 2.45. The van der Waals surface area contributed by atoms with E-state index in [2.05, 4.69) is 26.8 Å². The second kappa shape index (κ2) is 8.65. The summed E-state index contributed by atoms with van der Waals surface area (Å²) in [4.78, 5) is 17.5. The minimum absolute atomic E-state index is 0.00867. The van der Waals surface area contributed by atoms with Gasteiger partial charge in [-0.25, -0.2) is 14.5 Å². The van der Waals surface area contributed by atoms with E-state index >= 15 is 0 Å². The third-order valence-corrected chi connectivity index (χ3v) is 7.38. The standard InChI is InChI=1S/C29H28ClN3O2/c1-17-22(27(30)33(32-17)20-10-6-5-7-11-20)15-18-14-19(29(2,3)4)16-23-25(28(34)35)21-12-8-9-13-24(21)31-26(18)23/h5-13,15,19H,14,16H2,1-4H3,(H,34,35). The molecule has 5 nitrogen and oxygen atoms in total. The number of carboxylic acid groups (broad SMARTS) is 1. The molecule has 1 aliphatic carbocycles. The van der Waals surface area contributed by atoms with Crippen LogP contribution in [0.5, 0.6) is 0 Å². The summed E-state index contributed by atoms with van der Waals surface area (Å²) in [6.07, 6.45) is 3.52. The average molecular weight is 486 g/mol. The Kier molecular flexibility index (Phi) is 5.76. The van der Waals surface area contributed by atoms with Gasteiger partial charge in [0.05, 0.1) is 28.2 Å². The predicted octanol–water partition coefficient (Wildman–Crippen LogP) is 7.23. The lowest BCUT2D eigenvalue weighted by Crippen LogP contribution is -2.28. The van der Waals surface area contributed by atoms with Gasteiger partial charge in [0.15, 0.2) is 0 Å². The third-order valence-electron chi connectivity index (χ3n) is 7.02. The highest BCUT2D eigenvalue weighted by molar-refractivity contribution is 6.31. The van der Waals surface area contributed by atoms with Gasteiger partial charge >= 0.3 is 5.97 Å². The minimum Gasteiger partial charge on any atom is -0.478 e. The number of fused-ring (bicyclic) bond motifs is 2. The molecule has 1 unspecified atom stereocenters. The Bertz CT molecular complexity index is 1480. The van der Waals surface area contributed by atoms with Crippen molar-refractivity contribution in [3.8, 4) is 5.69 Å². The van der Waals surface area contributed by atoms with Crippen molar-refractivity contribution in [2.24, 2.45) is 11.3 Å². The van der Waals surface area contributed by atoms with Gasteiger partial charge in [0, 0.05) is 10.9 Å². The molecule has 0 saturated heterocycles. The number of allylic oxidation sites excluding steroid dienone is 1. The van der Waals surface area contributed by atoms with Crippen LogP contribution in [0.1, 0.15) is 60.1 Å². The zero-order valence-electron chi connectivity index (χ0n) is 20.3. The number of hydrogen-bond donors (Lipinski definition) is 1. The molecular formula is C29H28ClN3O2. The topological polar surface area (TPSA) is 68.0 Å². The summed E-state index contributed by atoms with van der Waals surface area (Å²) in [6, 6.07) is 17.3. The van der Waals surface area contributed by atoms with Crippen LogP contribution in [0.25, 0.3) is 28.2 Å². The fourth-order valence-electron chi connectivity index (χ4n) is 4.97. The van der Waals surface area contributed by atoms with E-state index in [1.165, 1.54) is 0 Å². The number of aromatic carboxylic acids is 1. The van der Waals surface area contributed by atoms with E-state index in [0.29, 0.717) is 28.0 Å². The monoisotopic (exact) mass is 485 g/mol. The van der Waals surface area contributed by atoms with Gasteiger partial charge in [0.2, 0.25) is 0 Å². The lowest BCUT2D eigenvalue weighted by atomic mass is 9.69. The van der Waals surface area contributed by atoms with E-state index in [9.17, 15) is 9.90 Å². The smallest absolute Gasteiger partial charge is 0.336 e. The molecule has 2 aromatic heterocycles. The van der Waals surface area contributed by atoms with Crippen LogP contribution in [0.2, 0.25) is 5.15 Å². The number of carbonyl (C=O) groups is 1. The van der Waals surface area contributed by atoms with Gasteiger partial charge in [0.25, 0.3) is 0 Å². The van der Waals surface area contributed by atoms with Crippen LogP contribution in [0.4, 0.5) is 0 Å². The molecule has 178 valence electrons. The molecule has 1 atom stereocenters. The maximum atomic E-state index is 12.5. The van der Waals surface area contributed by atoms with E-state index in [4.69, 9.17) is 21.7 Å². The minimum atomic E-state index is -0.917. The maximum absolute atomic E-state index is 12.5. The quantitative estimate of drug-likeness (QED) is 0.332. The number of hydrogen-bond acceptors (Lipinski definition) is 3. The molecule has 35 heavy (non-hydrogen) atoms. The molecule has 0 fully saturated rings. The maximum Gasteiger partial charge on any atom is 0.336 e.